The number of nitrogens with one attached hydrogen (secondary N) is 1. The molecular formula is C21H35NO2. The third-order valence-corrected chi connectivity index (χ3v) is 4.78. The summed E-state index contributed by atoms with van der Waals surface area (Å²) in [6, 6.07) is 6.58. The summed E-state index contributed by atoms with van der Waals surface area (Å²) in [6.07, 6.45) is 7.81. The fraction of sp³-hybridized carbons (Fsp3) is 0.714. The Morgan fingerprint density at radius 3 is 2.79 bits per heavy atom. The SMILES string of the molecule is Cc1ccc(C(C)C)cc1OCCCCCCNCC1CCCO1. The molecule has 0 saturated carbocycles. The van der Waals surface area contributed by atoms with Gasteiger partial charge in [0, 0.05) is 13.2 Å². The molecule has 1 fully saturated rings. The highest BCUT2D eigenvalue weighted by Gasteiger charge is 2.14. The summed E-state index contributed by atoms with van der Waals surface area (Å²) >= 11 is 0. The van der Waals surface area contributed by atoms with E-state index >= 15 is 0 Å². The highest BCUT2D eigenvalue weighted by atomic mass is 16.5. The van der Waals surface area contributed by atoms with Crippen LogP contribution in [0.4, 0.5) is 0 Å². The van der Waals surface area contributed by atoms with Crippen LogP contribution in [0.3, 0.4) is 0 Å². The van der Waals surface area contributed by atoms with Gasteiger partial charge in [0.05, 0.1) is 12.7 Å². The predicted octanol–water partition coefficient (Wildman–Crippen LogP) is 4.83. The molecule has 0 aromatic heterocycles. The van der Waals surface area contributed by atoms with Crippen molar-refractivity contribution in [2.45, 2.75) is 71.3 Å². The molecule has 0 aliphatic carbocycles. The predicted molar refractivity (Wildman–Crippen MR) is 101 cm³/mol. The first-order valence-electron chi connectivity index (χ1n) is 9.72. The fourth-order valence-electron chi connectivity index (χ4n) is 3.09. The van der Waals surface area contributed by atoms with Gasteiger partial charge >= 0.3 is 0 Å². The molecule has 136 valence electrons. The summed E-state index contributed by atoms with van der Waals surface area (Å²) in [5.74, 6) is 1.61. The Morgan fingerprint density at radius 2 is 2.04 bits per heavy atom. The summed E-state index contributed by atoms with van der Waals surface area (Å²) in [5.41, 5.74) is 2.59. The number of unbranched alkanes of at least 4 members (excludes halogenated alkanes) is 3. The molecule has 1 aliphatic heterocycles. The number of benzene rings is 1. The van der Waals surface area contributed by atoms with Crippen LogP contribution in [0.25, 0.3) is 0 Å². The molecule has 1 unspecified atom stereocenters. The third kappa shape index (κ3) is 6.82. The van der Waals surface area contributed by atoms with E-state index in [1.165, 1.54) is 43.2 Å². The maximum atomic E-state index is 5.99. The Morgan fingerprint density at radius 1 is 1.21 bits per heavy atom. The van der Waals surface area contributed by atoms with Crippen molar-refractivity contribution >= 4 is 0 Å². The van der Waals surface area contributed by atoms with Crippen molar-refractivity contribution in [3.05, 3.63) is 29.3 Å². The van der Waals surface area contributed by atoms with Gasteiger partial charge in [-0.3, -0.25) is 0 Å². The van der Waals surface area contributed by atoms with Gasteiger partial charge in [-0.05, 0) is 62.3 Å². The van der Waals surface area contributed by atoms with Gasteiger partial charge in [0.2, 0.25) is 0 Å². The second-order valence-electron chi connectivity index (χ2n) is 7.28. The van der Waals surface area contributed by atoms with Crippen molar-refractivity contribution in [2.75, 3.05) is 26.3 Å². The Bertz CT molecular complexity index is 467. The zero-order valence-corrected chi connectivity index (χ0v) is 15.8. The van der Waals surface area contributed by atoms with Crippen molar-refractivity contribution in [2.24, 2.45) is 0 Å². The topological polar surface area (TPSA) is 30.5 Å². The monoisotopic (exact) mass is 333 g/mol. The first-order chi connectivity index (χ1) is 11.7. The Hall–Kier alpha value is -1.06. The molecule has 0 spiro atoms. The minimum atomic E-state index is 0.461. The first kappa shape index (κ1) is 19.3. The standard InChI is InChI=1S/C21H35NO2/c1-17(2)19-11-10-18(3)21(15-19)24-13-7-5-4-6-12-22-16-20-9-8-14-23-20/h10-11,15,17,20,22H,4-9,12-14,16H2,1-3H3. The second kappa shape index (κ2) is 10.7. The molecule has 3 heteroatoms. The molecule has 1 aromatic rings. The summed E-state index contributed by atoms with van der Waals surface area (Å²) in [6.45, 7) is 10.5. The van der Waals surface area contributed by atoms with Crippen LogP contribution in [0.2, 0.25) is 0 Å². The summed E-state index contributed by atoms with van der Waals surface area (Å²) in [5, 5.41) is 3.51. The Labute approximate surface area is 148 Å². The molecule has 1 heterocycles. The van der Waals surface area contributed by atoms with E-state index in [0.717, 1.165) is 38.5 Å². The van der Waals surface area contributed by atoms with Gasteiger partial charge < -0.3 is 14.8 Å². The van der Waals surface area contributed by atoms with Crippen LogP contribution in [-0.2, 0) is 4.74 Å². The minimum Gasteiger partial charge on any atom is -0.493 e. The molecule has 2 rings (SSSR count). The quantitative estimate of drug-likeness (QED) is 0.589. The number of hydrogen-bond donors (Lipinski definition) is 1. The number of ether oxygens (including phenoxy) is 2. The molecule has 0 radical (unpaired) electrons. The van der Waals surface area contributed by atoms with E-state index in [1.807, 2.05) is 0 Å². The van der Waals surface area contributed by atoms with Crippen molar-refractivity contribution in [1.29, 1.82) is 0 Å². The lowest BCUT2D eigenvalue weighted by molar-refractivity contribution is 0.110. The van der Waals surface area contributed by atoms with E-state index in [0.29, 0.717) is 12.0 Å². The molecule has 0 amide bonds. The number of rotatable bonds is 11. The summed E-state index contributed by atoms with van der Waals surface area (Å²) in [7, 11) is 0. The lowest BCUT2D eigenvalue weighted by Gasteiger charge is -2.13. The molecule has 1 aromatic carbocycles. The fourth-order valence-corrected chi connectivity index (χ4v) is 3.09. The van der Waals surface area contributed by atoms with Crippen molar-refractivity contribution < 1.29 is 9.47 Å². The van der Waals surface area contributed by atoms with Gasteiger partial charge in [-0.15, -0.1) is 0 Å². The highest BCUT2D eigenvalue weighted by Crippen LogP contribution is 2.24. The van der Waals surface area contributed by atoms with E-state index in [-0.39, 0.29) is 0 Å². The van der Waals surface area contributed by atoms with Crippen LogP contribution in [0.5, 0.6) is 5.75 Å². The molecule has 3 nitrogen and oxygen atoms in total. The largest absolute Gasteiger partial charge is 0.493 e. The van der Waals surface area contributed by atoms with E-state index in [1.54, 1.807) is 0 Å². The van der Waals surface area contributed by atoms with Gasteiger partial charge in [0.15, 0.2) is 0 Å². The normalized spacial score (nSPS) is 17.6. The van der Waals surface area contributed by atoms with Crippen LogP contribution < -0.4 is 10.1 Å². The molecular weight excluding hydrogens is 298 g/mol. The average Bonchev–Trinajstić information content (AvgIpc) is 3.08. The second-order valence-corrected chi connectivity index (χ2v) is 7.28. The smallest absolute Gasteiger partial charge is 0.122 e. The van der Waals surface area contributed by atoms with Crippen LogP contribution in [0.1, 0.15) is 69.4 Å². The molecule has 0 bridgehead atoms. The lowest BCUT2D eigenvalue weighted by atomic mass is 10.0. The molecule has 1 aliphatic rings. The van der Waals surface area contributed by atoms with E-state index in [4.69, 9.17) is 9.47 Å². The first-order valence-corrected chi connectivity index (χ1v) is 9.72. The van der Waals surface area contributed by atoms with Gasteiger partial charge in [0.1, 0.15) is 5.75 Å². The minimum absolute atomic E-state index is 0.461. The maximum absolute atomic E-state index is 5.99. The summed E-state index contributed by atoms with van der Waals surface area (Å²) in [4.78, 5) is 0. The molecule has 1 atom stereocenters. The van der Waals surface area contributed by atoms with Gasteiger partial charge in [-0.25, -0.2) is 0 Å². The lowest BCUT2D eigenvalue weighted by Crippen LogP contribution is -2.26. The van der Waals surface area contributed by atoms with Crippen LogP contribution in [0, 0.1) is 6.92 Å². The molecule has 24 heavy (non-hydrogen) atoms. The van der Waals surface area contributed by atoms with Gasteiger partial charge in [0.25, 0.3) is 0 Å². The number of aryl methyl sites for hydroxylation is 1. The zero-order valence-electron chi connectivity index (χ0n) is 15.8. The molecule has 1 N–H and O–H groups in total. The van der Waals surface area contributed by atoms with E-state index in [9.17, 15) is 0 Å². The zero-order chi connectivity index (χ0) is 17.2. The van der Waals surface area contributed by atoms with Crippen LogP contribution >= 0.6 is 0 Å². The Balaban J connectivity index is 1.49. The van der Waals surface area contributed by atoms with Gasteiger partial charge in [-0.1, -0.05) is 38.8 Å². The highest BCUT2D eigenvalue weighted by molar-refractivity contribution is 5.37. The van der Waals surface area contributed by atoms with Crippen molar-refractivity contribution in [1.82, 2.24) is 5.32 Å². The van der Waals surface area contributed by atoms with Crippen LogP contribution in [0.15, 0.2) is 18.2 Å². The van der Waals surface area contributed by atoms with Crippen LogP contribution in [-0.4, -0.2) is 32.4 Å². The summed E-state index contributed by atoms with van der Waals surface area (Å²) < 4.78 is 11.6. The van der Waals surface area contributed by atoms with Crippen molar-refractivity contribution in [3.8, 4) is 5.75 Å². The third-order valence-electron chi connectivity index (χ3n) is 4.78. The molecule has 1 saturated heterocycles. The van der Waals surface area contributed by atoms with Gasteiger partial charge in [-0.2, -0.15) is 0 Å². The maximum Gasteiger partial charge on any atom is 0.122 e. The van der Waals surface area contributed by atoms with Crippen molar-refractivity contribution in [3.63, 3.8) is 0 Å². The van der Waals surface area contributed by atoms with E-state index < -0.39 is 0 Å². The number of hydrogen-bond acceptors (Lipinski definition) is 3. The average molecular weight is 334 g/mol. The van der Waals surface area contributed by atoms with E-state index in [2.05, 4.69) is 44.3 Å². The Kier molecular flexibility index (Phi) is 8.62.